The summed E-state index contributed by atoms with van der Waals surface area (Å²) in [5.74, 6) is 1.09. The normalized spacial score (nSPS) is 50.5. The first kappa shape index (κ1) is 6.93. The van der Waals surface area contributed by atoms with Gasteiger partial charge in [0.05, 0.1) is 5.92 Å². The van der Waals surface area contributed by atoms with Crippen LogP contribution in [0.1, 0.15) is 38.5 Å². The molecular formula is C10H14O2. The van der Waals surface area contributed by atoms with Crippen molar-refractivity contribution in [3.8, 4) is 0 Å². The van der Waals surface area contributed by atoms with Gasteiger partial charge in [0.25, 0.3) is 0 Å². The average molecular weight is 166 g/mol. The van der Waals surface area contributed by atoms with Crippen molar-refractivity contribution in [2.24, 2.45) is 11.8 Å². The van der Waals surface area contributed by atoms with E-state index in [0.717, 1.165) is 12.8 Å². The minimum absolute atomic E-state index is 0.0509. The van der Waals surface area contributed by atoms with Gasteiger partial charge in [-0.05, 0) is 38.0 Å². The van der Waals surface area contributed by atoms with Crippen LogP contribution in [0.4, 0.5) is 0 Å². The van der Waals surface area contributed by atoms with E-state index < -0.39 is 0 Å². The summed E-state index contributed by atoms with van der Waals surface area (Å²) in [6.45, 7) is 0. The standard InChI is InChI=1S/C10H14O2/c11-9-8-5-4-7-3-1-2-6-10(7,8)12-9/h7-8H,1-6H2/t7-,8+,10+/m0/s1. The Kier molecular flexibility index (Phi) is 1.18. The molecule has 2 aliphatic carbocycles. The van der Waals surface area contributed by atoms with Crippen molar-refractivity contribution in [2.45, 2.75) is 44.1 Å². The Bertz CT molecular complexity index is 236. The molecule has 0 aromatic carbocycles. The number of esters is 1. The predicted octanol–water partition coefficient (Wildman–Crippen LogP) is 1.88. The Hall–Kier alpha value is -0.530. The molecule has 1 heterocycles. The van der Waals surface area contributed by atoms with Gasteiger partial charge in [-0.25, -0.2) is 0 Å². The highest BCUT2D eigenvalue weighted by atomic mass is 16.6. The molecule has 0 radical (unpaired) electrons. The van der Waals surface area contributed by atoms with Gasteiger partial charge in [-0.3, -0.25) is 4.79 Å². The predicted molar refractivity (Wildman–Crippen MR) is 43.5 cm³/mol. The second-order valence-corrected chi connectivity index (χ2v) is 4.45. The van der Waals surface area contributed by atoms with Gasteiger partial charge in [0, 0.05) is 0 Å². The molecule has 3 fully saturated rings. The lowest BCUT2D eigenvalue weighted by Crippen LogP contribution is -2.58. The lowest BCUT2D eigenvalue weighted by molar-refractivity contribution is -0.221. The highest BCUT2D eigenvalue weighted by Gasteiger charge is 2.64. The van der Waals surface area contributed by atoms with Gasteiger partial charge in [0.2, 0.25) is 0 Å². The second kappa shape index (κ2) is 2.04. The molecule has 0 amide bonds. The summed E-state index contributed by atoms with van der Waals surface area (Å²) in [4.78, 5) is 11.1. The van der Waals surface area contributed by atoms with Crippen LogP contribution in [0, 0.1) is 11.8 Å². The molecular weight excluding hydrogens is 152 g/mol. The lowest BCUT2D eigenvalue weighted by Gasteiger charge is -2.49. The van der Waals surface area contributed by atoms with Gasteiger partial charge < -0.3 is 4.74 Å². The van der Waals surface area contributed by atoms with Crippen LogP contribution in [0.15, 0.2) is 0 Å². The van der Waals surface area contributed by atoms with Crippen molar-refractivity contribution in [1.82, 2.24) is 0 Å². The Morgan fingerprint density at radius 2 is 2.17 bits per heavy atom. The molecule has 0 N–H and O–H groups in total. The van der Waals surface area contributed by atoms with Crippen LogP contribution in [-0.2, 0) is 9.53 Å². The van der Waals surface area contributed by atoms with Crippen molar-refractivity contribution in [3.63, 3.8) is 0 Å². The molecule has 1 saturated heterocycles. The minimum Gasteiger partial charge on any atom is -0.458 e. The Morgan fingerprint density at radius 3 is 3.00 bits per heavy atom. The molecule has 1 spiro atoms. The topological polar surface area (TPSA) is 26.3 Å². The number of carbonyl (C=O) groups is 1. The molecule has 0 bridgehead atoms. The van der Waals surface area contributed by atoms with Crippen LogP contribution in [0.3, 0.4) is 0 Å². The smallest absolute Gasteiger partial charge is 0.313 e. The maximum atomic E-state index is 11.1. The molecule has 2 heteroatoms. The van der Waals surface area contributed by atoms with Crippen molar-refractivity contribution in [1.29, 1.82) is 0 Å². The monoisotopic (exact) mass is 166 g/mol. The van der Waals surface area contributed by atoms with Gasteiger partial charge >= 0.3 is 5.97 Å². The molecule has 1 aliphatic heterocycles. The highest BCUT2D eigenvalue weighted by molar-refractivity contribution is 5.81. The van der Waals surface area contributed by atoms with Crippen LogP contribution < -0.4 is 0 Å². The van der Waals surface area contributed by atoms with Gasteiger partial charge in [-0.1, -0.05) is 6.42 Å². The average Bonchev–Trinajstić information content (AvgIpc) is 2.36. The molecule has 66 valence electrons. The molecule has 0 aromatic rings. The summed E-state index contributed by atoms with van der Waals surface area (Å²) in [7, 11) is 0. The first-order valence-corrected chi connectivity index (χ1v) is 5.06. The largest absolute Gasteiger partial charge is 0.458 e. The zero-order chi connectivity index (χ0) is 8.18. The van der Waals surface area contributed by atoms with Crippen molar-refractivity contribution in [2.75, 3.05) is 0 Å². The SMILES string of the molecule is O=C1O[C@]23CCCC[C@H]2CC[C@H]13. The summed E-state index contributed by atoms with van der Waals surface area (Å²) in [5.41, 5.74) is 0.0509. The minimum atomic E-state index is 0.0509. The van der Waals surface area contributed by atoms with Gasteiger partial charge in [0.15, 0.2) is 0 Å². The van der Waals surface area contributed by atoms with E-state index >= 15 is 0 Å². The van der Waals surface area contributed by atoms with Crippen LogP contribution >= 0.6 is 0 Å². The second-order valence-electron chi connectivity index (χ2n) is 4.45. The lowest BCUT2D eigenvalue weighted by atomic mass is 9.70. The third-order valence-corrected chi connectivity index (χ3v) is 4.03. The summed E-state index contributed by atoms with van der Waals surface area (Å²) in [6.07, 6.45) is 7.38. The van der Waals surface area contributed by atoms with E-state index in [0.29, 0.717) is 11.8 Å². The van der Waals surface area contributed by atoms with Gasteiger partial charge in [0.1, 0.15) is 5.60 Å². The third kappa shape index (κ3) is 0.606. The molecule has 3 aliphatic rings. The first-order chi connectivity index (χ1) is 5.83. The summed E-state index contributed by atoms with van der Waals surface area (Å²) in [5, 5.41) is 0. The van der Waals surface area contributed by atoms with Crippen molar-refractivity contribution in [3.05, 3.63) is 0 Å². The number of hydrogen-bond acceptors (Lipinski definition) is 2. The molecule has 2 saturated carbocycles. The summed E-state index contributed by atoms with van der Waals surface area (Å²) < 4.78 is 5.42. The van der Waals surface area contributed by atoms with Gasteiger partial charge in [-0.2, -0.15) is 0 Å². The molecule has 3 rings (SSSR count). The Balaban J connectivity index is 1.92. The van der Waals surface area contributed by atoms with Crippen LogP contribution in [0.25, 0.3) is 0 Å². The van der Waals surface area contributed by atoms with Crippen LogP contribution in [0.5, 0.6) is 0 Å². The maximum Gasteiger partial charge on any atom is 0.313 e. The summed E-state index contributed by atoms with van der Waals surface area (Å²) >= 11 is 0. The molecule has 12 heavy (non-hydrogen) atoms. The van der Waals surface area contributed by atoms with E-state index in [1.165, 1.54) is 25.7 Å². The molecule has 3 atom stereocenters. The van der Waals surface area contributed by atoms with E-state index in [2.05, 4.69) is 0 Å². The van der Waals surface area contributed by atoms with Crippen molar-refractivity contribution >= 4 is 5.97 Å². The molecule has 0 unspecified atom stereocenters. The highest BCUT2D eigenvalue weighted by Crippen LogP contribution is 2.57. The zero-order valence-corrected chi connectivity index (χ0v) is 7.21. The quantitative estimate of drug-likeness (QED) is 0.513. The van der Waals surface area contributed by atoms with E-state index in [1.54, 1.807) is 0 Å². The molecule has 0 aromatic heterocycles. The van der Waals surface area contributed by atoms with E-state index in [4.69, 9.17) is 4.74 Å². The van der Waals surface area contributed by atoms with Crippen molar-refractivity contribution < 1.29 is 9.53 Å². The third-order valence-electron chi connectivity index (χ3n) is 4.03. The summed E-state index contributed by atoms with van der Waals surface area (Å²) in [6, 6.07) is 0. The number of rotatable bonds is 0. The zero-order valence-electron chi connectivity index (χ0n) is 7.21. The number of ether oxygens (including phenoxy) is 1. The first-order valence-electron chi connectivity index (χ1n) is 5.06. The van der Waals surface area contributed by atoms with E-state index in [9.17, 15) is 4.79 Å². The maximum absolute atomic E-state index is 11.1. The number of carbonyl (C=O) groups excluding carboxylic acids is 1. The number of hydrogen-bond donors (Lipinski definition) is 0. The fraction of sp³-hybridized carbons (Fsp3) is 0.900. The van der Waals surface area contributed by atoms with Crippen LogP contribution in [-0.4, -0.2) is 11.6 Å². The van der Waals surface area contributed by atoms with Gasteiger partial charge in [-0.15, -0.1) is 0 Å². The van der Waals surface area contributed by atoms with Crippen LogP contribution in [0.2, 0.25) is 0 Å². The van der Waals surface area contributed by atoms with E-state index in [-0.39, 0.29) is 11.6 Å². The Labute approximate surface area is 72.3 Å². The Morgan fingerprint density at radius 1 is 1.25 bits per heavy atom. The fourth-order valence-corrected chi connectivity index (χ4v) is 3.42. The fourth-order valence-electron chi connectivity index (χ4n) is 3.42. The van der Waals surface area contributed by atoms with E-state index in [1.807, 2.05) is 0 Å². The molecule has 2 nitrogen and oxygen atoms in total.